The SMILES string of the molecule is Cc1ccc(C(=O)Oc2cc(Cl)ccc2Cl)cc1[N+](=O)[O-]. The van der Waals surface area contributed by atoms with Gasteiger partial charge in [-0.15, -0.1) is 0 Å². The molecule has 0 N–H and O–H groups in total. The van der Waals surface area contributed by atoms with E-state index in [-0.39, 0.29) is 22.0 Å². The normalized spacial score (nSPS) is 10.2. The van der Waals surface area contributed by atoms with E-state index in [0.717, 1.165) is 6.07 Å². The highest BCUT2D eigenvalue weighted by Crippen LogP contribution is 2.29. The molecule has 0 spiro atoms. The molecule has 21 heavy (non-hydrogen) atoms. The molecule has 0 aromatic heterocycles. The van der Waals surface area contributed by atoms with Gasteiger partial charge in [0, 0.05) is 22.7 Å². The summed E-state index contributed by atoms with van der Waals surface area (Å²) in [6.07, 6.45) is 0. The van der Waals surface area contributed by atoms with Gasteiger partial charge in [-0.2, -0.15) is 0 Å². The summed E-state index contributed by atoms with van der Waals surface area (Å²) < 4.78 is 5.11. The van der Waals surface area contributed by atoms with Gasteiger partial charge < -0.3 is 4.74 Å². The van der Waals surface area contributed by atoms with Crippen molar-refractivity contribution in [3.05, 3.63) is 67.7 Å². The molecule has 0 aliphatic rings. The van der Waals surface area contributed by atoms with E-state index in [1.54, 1.807) is 13.0 Å². The van der Waals surface area contributed by atoms with Gasteiger partial charge in [0.05, 0.1) is 15.5 Å². The lowest BCUT2D eigenvalue weighted by Gasteiger charge is -2.07. The van der Waals surface area contributed by atoms with Gasteiger partial charge in [-0.1, -0.05) is 29.3 Å². The summed E-state index contributed by atoms with van der Waals surface area (Å²) in [6, 6.07) is 8.53. The predicted molar refractivity (Wildman–Crippen MR) is 79.3 cm³/mol. The van der Waals surface area contributed by atoms with Crippen molar-refractivity contribution in [3.63, 3.8) is 0 Å². The first kappa shape index (κ1) is 15.3. The molecule has 0 unspecified atom stereocenters. The Hall–Kier alpha value is -2.11. The zero-order chi connectivity index (χ0) is 15.6. The van der Waals surface area contributed by atoms with E-state index in [9.17, 15) is 14.9 Å². The summed E-state index contributed by atoms with van der Waals surface area (Å²) in [5.74, 6) is -0.653. The fourth-order valence-electron chi connectivity index (χ4n) is 1.65. The second-order valence-corrected chi connectivity index (χ2v) is 5.07. The van der Waals surface area contributed by atoms with Gasteiger partial charge in [0.1, 0.15) is 0 Å². The minimum absolute atomic E-state index is 0.0587. The molecular formula is C14H9Cl2NO4. The van der Waals surface area contributed by atoms with Crippen LogP contribution in [0.2, 0.25) is 10.0 Å². The molecule has 5 nitrogen and oxygen atoms in total. The Labute approximate surface area is 130 Å². The largest absolute Gasteiger partial charge is 0.421 e. The number of hydrogen-bond acceptors (Lipinski definition) is 4. The Morgan fingerprint density at radius 1 is 1.19 bits per heavy atom. The maximum atomic E-state index is 12.0. The molecule has 0 amide bonds. The number of esters is 1. The minimum Gasteiger partial charge on any atom is -0.421 e. The van der Waals surface area contributed by atoms with Gasteiger partial charge in [-0.05, 0) is 25.1 Å². The Kier molecular flexibility index (Phi) is 4.45. The average molecular weight is 326 g/mol. The molecule has 0 saturated heterocycles. The molecule has 0 atom stereocenters. The quantitative estimate of drug-likeness (QED) is 0.362. The summed E-state index contributed by atoms with van der Waals surface area (Å²) in [4.78, 5) is 22.3. The highest BCUT2D eigenvalue weighted by Gasteiger charge is 2.17. The first-order valence-electron chi connectivity index (χ1n) is 5.81. The molecule has 7 heteroatoms. The highest BCUT2D eigenvalue weighted by molar-refractivity contribution is 6.34. The van der Waals surface area contributed by atoms with Gasteiger partial charge in [0.25, 0.3) is 5.69 Å². The molecule has 0 aliphatic carbocycles. The van der Waals surface area contributed by atoms with Crippen molar-refractivity contribution < 1.29 is 14.5 Å². The number of ether oxygens (including phenoxy) is 1. The maximum absolute atomic E-state index is 12.0. The molecule has 2 aromatic carbocycles. The Balaban J connectivity index is 2.30. The fraction of sp³-hybridized carbons (Fsp3) is 0.0714. The van der Waals surface area contributed by atoms with Crippen LogP contribution in [-0.2, 0) is 0 Å². The average Bonchev–Trinajstić information content (AvgIpc) is 2.43. The van der Waals surface area contributed by atoms with Crippen LogP contribution >= 0.6 is 23.2 Å². The summed E-state index contributed by atoms with van der Waals surface area (Å²) in [5, 5.41) is 11.4. The Morgan fingerprint density at radius 3 is 2.57 bits per heavy atom. The van der Waals surface area contributed by atoms with Crippen molar-refractivity contribution >= 4 is 34.9 Å². The van der Waals surface area contributed by atoms with Crippen molar-refractivity contribution in [2.45, 2.75) is 6.92 Å². The van der Waals surface area contributed by atoms with E-state index >= 15 is 0 Å². The molecule has 2 rings (SSSR count). The van der Waals surface area contributed by atoms with Gasteiger partial charge in [-0.3, -0.25) is 10.1 Å². The third-order valence-electron chi connectivity index (χ3n) is 2.74. The highest BCUT2D eigenvalue weighted by atomic mass is 35.5. The lowest BCUT2D eigenvalue weighted by molar-refractivity contribution is -0.385. The first-order valence-corrected chi connectivity index (χ1v) is 6.56. The molecule has 0 bridgehead atoms. The third-order valence-corrected chi connectivity index (χ3v) is 3.28. The monoisotopic (exact) mass is 325 g/mol. The van der Waals surface area contributed by atoms with E-state index < -0.39 is 10.9 Å². The molecule has 0 aliphatic heterocycles. The van der Waals surface area contributed by atoms with Crippen molar-refractivity contribution in [3.8, 4) is 5.75 Å². The van der Waals surface area contributed by atoms with Gasteiger partial charge in [-0.25, -0.2) is 4.79 Å². The van der Waals surface area contributed by atoms with Gasteiger partial charge >= 0.3 is 5.97 Å². The topological polar surface area (TPSA) is 69.4 Å². The molecule has 0 saturated carbocycles. The standard InChI is InChI=1S/C14H9Cl2NO4/c1-8-2-3-9(6-12(8)17(19)20)14(18)21-13-7-10(15)4-5-11(13)16/h2-7H,1H3. The number of rotatable bonds is 3. The first-order chi connectivity index (χ1) is 9.88. The summed E-state index contributed by atoms with van der Waals surface area (Å²) in [7, 11) is 0. The molecule has 108 valence electrons. The number of halogens is 2. The second kappa shape index (κ2) is 6.11. The van der Waals surface area contributed by atoms with Gasteiger partial charge in [0.2, 0.25) is 0 Å². The number of benzene rings is 2. The van der Waals surface area contributed by atoms with Crippen molar-refractivity contribution in [1.82, 2.24) is 0 Å². The molecule has 0 radical (unpaired) electrons. The van der Waals surface area contributed by atoms with Crippen molar-refractivity contribution in [2.75, 3.05) is 0 Å². The zero-order valence-corrected chi connectivity index (χ0v) is 12.3. The third kappa shape index (κ3) is 3.51. The van der Waals surface area contributed by atoms with E-state index in [1.807, 2.05) is 0 Å². The van der Waals surface area contributed by atoms with Crippen LogP contribution in [0.3, 0.4) is 0 Å². The van der Waals surface area contributed by atoms with Crippen molar-refractivity contribution in [1.29, 1.82) is 0 Å². The number of nitro groups is 1. The molecular weight excluding hydrogens is 317 g/mol. The molecule has 0 fully saturated rings. The van der Waals surface area contributed by atoms with Gasteiger partial charge in [0.15, 0.2) is 5.75 Å². The number of carbonyl (C=O) groups excluding carboxylic acids is 1. The number of hydrogen-bond donors (Lipinski definition) is 0. The van der Waals surface area contributed by atoms with Crippen LogP contribution in [0.1, 0.15) is 15.9 Å². The van der Waals surface area contributed by atoms with E-state index in [2.05, 4.69) is 0 Å². The van der Waals surface area contributed by atoms with Crippen LogP contribution in [0.4, 0.5) is 5.69 Å². The molecule has 2 aromatic rings. The Bertz CT molecular complexity index is 731. The van der Waals surface area contributed by atoms with Crippen LogP contribution in [-0.4, -0.2) is 10.9 Å². The predicted octanol–water partition coefficient (Wildman–Crippen LogP) is 4.43. The summed E-state index contributed by atoms with van der Waals surface area (Å²) in [5.41, 5.74) is 0.363. The fourth-order valence-corrected chi connectivity index (χ4v) is 1.97. The second-order valence-electron chi connectivity index (χ2n) is 4.22. The zero-order valence-electron chi connectivity index (χ0n) is 10.8. The van der Waals surface area contributed by atoms with E-state index in [4.69, 9.17) is 27.9 Å². The van der Waals surface area contributed by atoms with Crippen molar-refractivity contribution in [2.24, 2.45) is 0 Å². The number of nitro benzene ring substituents is 1. The number of aryl methyl sites for hydroxylation is 1. The molecule has 0 heterocycles. The summed E-state index contributed by atoms with van der Waals surface area (Å²) >= 11 is 11.7. The van der Waals surface area contributed by atoms with Crippen LogP contribution in [0, 0.1) is 17.0 Å². The minimum atomic E-state index is -0.748. The lowest BCUT2D eigenvalue weighted by atomic mass is 10.1. The van der Waals surface area contributed by atoms with E-state index in [1.165, 1.54) is 24.3 Å². The maximum Gasteiger partial charge on any atom is 0.343 e. The number of nitrogens with zero attached hydrogens (tertiary/aromatic N) is 1. The number of carbonyl (C=O) groups is 1. The van der Waals surface area contributed by atoms with Crippen LogP contribution in [0.5, 0.6) is 5.75 Å². The smallest absolute Gasteiger partial charge is 0.343 e. The van der Waals surface area contributed by atoms with Crippen LogP contribution in [0.15, 0.2) is 36.4 Å². The van der Waals surface area contributed by atoms with E-state index in [0.29, 0.717) is 10.6 Å². The van der Waals surface area contributed by atoms with Crippen LogP contribution in [0.25, 0.3) is 0 Å². The van der Waals surface area contributed by atoms with Crippen LogP contribution < -0.4 is 4.74 Å². The Morgan fingerprint density at radius 2 is 1.90 bits per heavy atom. The lowest BCUT2D eigenvalue weighted by Crippen LogP contribution is -2.09. The summed E-state index contributed by atoms with van der Waals surface area (Å²) in [6.45, 7) is 1.58.